The Labute approximate surface area is 200 Å². The first-order valence-electron chi connectivity index (χ1n) is 12.3. The van der Waals surface area contributed by atoms with Crippen LogP contribution < -0.4 is 10.6 Å². The summed E-state index contributed by atoms with van der Waals surface area (Å²) in [6.07, 6.45) is 3.25. The number of hydrogen-bond acceptors (Lipinski definition) is 7. The predicted molar refractivity (Wildman–Crippen MR) is 128 cm³/mol. The van der Waals surface area contributed by atoms with Crippen molar-refractivity contribution in [2.45, 2.75) is 53.9 Å². The van der Waals surface area contributed by atoms with E-state index in [4.69, 9.17) is 23.7 Å². The van der Waals surface area contributed by atoms with Gasteiger partial charge in [-0.2, -0.15) is 0 Å². The van der Waals surface area contributed by atoms with Gasteiger partial charge in [0.25, 0.3) is 0 Å². The summed E-state index contributed by atoms with van der Waals surface area (Å²) in [5, 5.41) is 5.75. The minimum absolute atomic E-state index is 0.0111. The molecule has 0 aromatic heterocycles. The molecule has 0 aliphatic heterocycles. The van der Waals surface area contributed by atoms with Crippen LogP contribution in [0.5, 0.6) is 0 Å². The normalized spacial score (nSPS) is 13.2. The molecule has 0 aromatic rings. The van der Waals surface area contributed by atoms with E-state index in [0.29, 0.717) is 72.6 Å². The zero-order valence-electron chi connectivity index (χ0n) is 21.5. The van der Waals surface area contributed by atoms with Gasteiger partial charge in [-0.05, 0) is 18.3 Å². The average Bonchev–Trinajstić information content (AvgIpc) is 2.79. The van der Waals surface area contributed by atoms with E-state index < -0.39 is 0 Å². The van der Waals surface area contributed by atoms with E-state index in [1.807, 2.05) is 13.8 Å². The minimum atomic E-state index is -0.0857. The molecule has 196 valence electrons. The molecule has 9 nitrogen and oxygen atoms in total. The molecular formula is C24H48N2O7. The highest BCUT2D eigenvalue weighted by molar-refractivity contribution is 5.77. The van der Waals surface area contributed by atoms with Crippen LogP contribution in [-0.2, 0) is 33.3 Å². The number of carbonyl (C=O) groups is 2. The van der Waals surface area contributed by atoms with Crippen LogP contribution in [0.1, 0.15) is 53.9 Å². The molecule has 0 aliphatic rings. The molecule has 0 saturated heterocycles. The topological polar surface area (TPSA) is 104 Å². The molecule has 0 aliphatic carbocycles. The van der Waals surface area contributed by atoms with Crippen LogP contribution in [0.3, 0.4) is 0 Å². The molecule has 1 atom stereocenters. The maximum atomic E-state index is 11.9. The van der Waals surface area contributed by atoms with Crippen LogP contribution in [0.25, 0.3) is 0 Å². The number of amides is 2. The van der Waals surface area contributed by atoms with Gasteiger partial charge < -0.3 is 34.3 Å². The Morgan fingerprint density at radius 1 is 0.758 bits per heavy atom. The van der Waals surface area contributed by atoms with Crippen molar-refractivity contribution in [2.24, 2.45) is 11.3 Å². The van der Waals surface area contributed by atoms with Crippen LogP contribution in [0.2, 0.25) is 0 Å². The van der Waals surface area contributed by atoms with E-state index in [1.54, 1.807) is 0 Å². The first-order valence-corrected chi connectivity index (χ1v) is 12.3. The van der Waals surface area contributed by atoms with Gasteiger partial charge in [-0.1, -0.05) is 41.0 Å². The van der Waals surface area contributed by atoms with Gasteiger partial charge in [0.05, 0.1) is 59.5 Å². The van der Waals surface area contributed by atoms with E-state index >= 15 is 0 Å². The number of hydrogen-bond donors (Lipinski definition) is 2. The van der Waals surface area contributed by atoms with E-state index in [-0.39, 0.29) is 29.8 Å². The Balaban J connectivity index is 3.32. The second-order valence-corrected chi connectivity index (χ2v) is 8.64. The van der Waals surface area contributed by atoms with Crippen molar-refractivity contribution in [3.8, 4) is 0 Å². The van der Waals surface area contributed by atoms with Gasteiger partial charge in [0, 0.05) is 19.0 Å². The van der Waals surface area contributed by atoms with Crippen LogP contribution in [-0.4, -0.2) is 91.0 Å². The number of carbonyl (C=O) groups excluding carboxylic acids is 2. The van der Waals surface area contributed by atoms with Crippen LogP contribution in [0, 0.1) is 11.3 Å². The first-order chi connectivity index (χ1) is 15.8. The lowest BCUT2D eigenvalue weighted by Crippen LogP contribution is -2.37. The van der Waals surface area contributed by atoms with Crippen LogP contribution in [0.15, 0.2) is 0 Å². The van der Waals surface area contributed by atoms with E-state index in [0.717, 1.165) is 19.3 Å². The molecule has 33 heavy (non-hydrogen) atoms. The zero-order valence-corrected chi connectivity index (χ0v) is 21.5. The van der Waals surface area contributed by atoms with E-state index in [9.17, 15) is 9.59 Å². The van der Waals surface area contributed by atoms with Crippen molar-refractivity contribution < 1.29 is 33.3 Å². The molecule has 0 radical (unpaired) electrons. The molecule has 2 amide bonds. The first kappa shape index (κ1) is 31.7. The van der Waals surface area contributed by atoms with Crippen molar-refractivity contribution in [2.75, 3.05) is 79.2 Å². The van der Waals surface area contributed by atoms with Gasteiger partial charge in [0.2, 0.25) is 11.8 Å². The minimum Gasteiger partial charge on any atom is -0.377 e. The molecule has 2 N–H and O–H groups in total. The van der Waals surface area contributed by atoms with Crippen molar-refractivity contribution in [1.29, 1.82) is 0 Å². The lowest BCUT2D eigenvalue weighted by molar-refractivity contribution is -0.127. The quantitative estimate of drug-likeness (QED) is 0.218. The van der Waals surface area contributed by atoms with Gasteiger partial charge in [-0.3, -0.25) is 9.59 Å². The van der Waals surface area contributed by atoms with Crippen LogP contribution >= 0.6 is 0 Å². The average molecular weight is 477 g/mol. The van der Waals surface area contributed by atoms with Gasteiger partial charge in [-0.15, -0.1) is 0 Å². The Hall–Kier alpha value is -1.26. The Kier molecular flexibility index (Phi) is 20.5. The van der Waals surface area contributed by atoms with Crippen molar-refractivity contribution in [3.63, 3.8) is 0 Å². The summed E-state index contributed by atoms with van der Waals surface area (Å²) < 4.78 is 27.0. The third kappa shape index (κ3) is 19.9. The summed E-state index contributed by atoms with van der Waals surface area (Å²) >= 11 is 0. The summed E-state index contributed by atoms with van der Waals surface area (Å²) in [4.78, 5) is 23.2. The highest BCUT2D eigenvalue weighted by atomic mass is 16.6. The lowest BCUT2D eigenvalue weighted by atomic mass is 9.83. The van der Waals surface area contributed by atoms with Gasteiger partial charge >= 0.3 is 0 Å². The highest BCUT2D eigenvalue weighted by Crippen LogP contribution is 2.25. The summed E-state index contributed by atoms with van der Waals surface area (Å²) in [6.45, 7) is 15.6. The largest absolute Gasteiger partial charge is 0.377 e. The highest BCUT2D eigenvalue weighted by Gasteiger charge is 2.21. The summed E-state index contributed by atoms with van der Waals surface area (Å²) in [5.74, 6) is -0.0657. The summed E-state index contributed by atoms with van der Waals surface area (Å²) in [7, 11) is 0. The third-order valence-electron chi connectivity index (χ3n) is 5.21. The van der Waals surface area contributed by atoms with E-state index in [2.05, 4.69) is 31.4 Å². The SMILES string of the molecule is CCCC(C)(CC)CNC(=O)COCCOCCOCCOCCOCCNC(=O)C(C)C. The van der Waals surface area contributed by atoms with Gasteiger partial charge in [0.1, 0.15) is 6.61 Å². The fourth-order valence-corrected chi connectivity index (χ4v) is 2.85. The molecule has 0 fully saturated rings. The fraction of sp³-hybridized carbons (Fsp3) is 0.917. The van der Waals surface area contributed by atoms with Crippen molar-refractivity contribution in [1.82, 2.24) is 10.6 Å². The predicted octanol–water partition coefficient (Wildman–Crippen LogP) is 2.17. The molecular weight excluding hydrogens is 428 g/mol. The molecule has 0 heterocycles. The van der Waals surface area contributed by atoms with E-state index in [1.165, 1.54) is 0 Å². The van der Waals surface area contributed by atoms with Gasteiger partial charge in [0.15, 0.2) is 0 Å². The number of ether oxygens (including phenoxy) is 5. The Bertz CT molecular complexity index is 491. The second-order valence-electron chi connectivity index (χ2n) is 8.64. The molecule has 0 spiro atoms. The molecule has 0 rings (SSSR count). The standard InChI is InChI=1S/C24H48N2O7/c1-6-8-24(5,7-2)20-26-22(27)19-33-18-17-32-16-15-31-14-13-30-12-11-29-10-9-25-23(28)21(3)4/h21H,6-20H2,1-5H3,(H,25,28)(H,26,27). The maximum absolute atomic E-state index is 11.9. The Morgan fingerprint density at radius 3 is 1.70 bits per heavy atom. The van der Waals surface area contributed by atoms with Crippen molar-refractivity contribution >= 4 is 11.8 Å². The number of rotatable bonds is 23. The number of nitrogens with one attached hydrogen (secondary N) is 2. The molecule has 0 bridgehead atoms. The van der Waals surface area contributed by atoms with Gasteiger partial charge in [-0.25, -0.2) is 0 Å². The molecule has 9 heteroatoms. The smallest absolute Gasteiger partial charge is 0.246 e. The zero-order chi connectivity index (χ0) is 24.8. The summed E-state index contributed by atoms with van der Waals surface area (Å²) in [6, 6.07) is 0. The van der Waals surface area contributed by atoms with Crippen LogP contribution in [0.4, 0.5) is 0 Å². The fourth-order valence-electron chi connectivity index (χ4n) is 2.85. The second kappa shape index (κ2) is 21.3. The van der Waals surface area contributed by atoms with Crippen molar-refractivity contribution in [3.05, 3.63) is 0 Å². The maximum Gasteiger partial charge on any atom is 0.246 e. The molecule has 0 aromatic carbocycles. The Morgan fingerprint density at radius 2 is 1.24 bits per heavy atom. The molecule has 0 saturated carbocycles. The molecule has 1 unspecified atom stereocenters. The lowest BCUT2D eigenvalue weighted by Gasteiger charge is -2.28. The summed E-state index contributed by atoms with van der Waals surface area (Å²) in [5.41, 5.74) is 0.152. The monoisotopic (exact) mass is 476 g/mol. The third-order valence-corrected chi connectivity index (χ3v) is 5.21.